The second-order valence-electron chi connectivity index (χ2n) is 5.58. The first-order chi connectivity index (χ1) is 11.3. The van der Waals surface area contributed by atoms with Gasteiger partial charge in [-0.05, 0) is 36.4 Å². The van der Waals surface area contributed by atoms with Crippen molar-refractivity contribution in [3.05, 3.63) is 48.2 Å². The molecule has 3 aromatic rings. The van der Waals surface area contributed by atoms with Gasteiger partial charge in [0.1, 0.15) is 29.7 Å². The van der Waals surface area contributed by atoms with Crippen LogP contribution in [0.2, 0.25) is 0 Å². The molecule has 1 aliphatic rings. The van der Waals surface area contributed by atoms with Crippen LogP contribution < -0.4 is 4.74 Å². The number of benzene rings is 1. The summed E-state index contributed by atoms with van der Waals surface area (Å²) in [5, 5.41) is 9.13. The molecule has 0 radical (unpaired) electrons. The summed E-state index contributed by atoms with van der Waals surface area (Å²) in [7, 11) is 0. The molecule has 1 N–H and O–H groups in total. The molecule has 23 heavy (non-hydrogen) atoms. The molecule has 1 aromatic carbocycles. The zero-order valence-corrected chi connectivity index (χ0v) is 12.6. The smallest absolute Gasteiger partial charge is 0.152 e. The Labute approximate surface area is 133 Å². The lowest BCUT2D eigenvalue weighted by molar-refractivity contribution is 0.141. The van der Waals surface area contributed by atoms with E-state index < -0.39 is 0 Å². The van der Waals surface area contributed by atoms with Gasteiger partial charge in [-0.2, -0.15) is 0 Å². The fourth-order valence-corrected chi connectivity index (χ4v) is 2.72. The molecular formula is C18H17NO4. The molecule has 2 aromatic heterocycles. The van der Waals surface area contributed by atoms with E-state index in [0.29, 0.717) is 18.0 Å². The Bertz CT molecular complexity index is 804. The van der Waals surface area contributed by atoms with E-state index in [1.807, 2.05) is 36.4 Å². The summed E-state index contributed by atoms with van der Waals surface area (Å²) in [6, 6.07) is 13.4. The summed E-state index contributed by atoms with van der Waals surface area (Å²) in [6.07, 6.45) is 1.09. The molecule has 118 valence electrons. The summed E-state index contributed by atoms with van der Waals surface area (Å²) in [5.74, 6) is 1.36. The fourth-order valence-electron chi connectivity index (χ4n) is 2.72. The molecule has 0 aliphatic carbocycles. The predicted molar refractivity (Wildman–Crippen MR) is 85.2 cm³/mol. The van der Waals surface area contributed by atoms with Gasteiger partial charge in [0, 0.05) is 18.1 Å². The van der Waals surface area contributed by atoms with Crippen molar-refractivity contribution in [3.8, 4) is 17.0 Å². The largest absolute Gasteiger partial charge is 0.488 e. The topological polar surface area (TPSA) is 64.7 Å². The van der Waals surface area contributed by atoms with Gasteiger partial charge in [-0.3, -0.25) is 0 Å². The van der Waals surface area contributed by atoms with Crippen molar-refractivity contribution in [2.24, 2.45) is 0 Å². The third-order valence-electron chi connectivity index (χ3n) is 3.92. The number of nitrogens with zero attached hydrogens (tertiary/aromatic N) is 1. The highest BCUT2D eigenvalue weighted by molar-refractivity contribution is 5.77. The van der Waals surface area contributed by atoms with Crippen LogP contribution in [-0.4, -0.2) is 29.4 Å². The van der Waals surface area contributed by atoms with E-state index in [0.717, 1.165) is 35.6 Å². The van der Waals surface area contributed by atoms with Crippen molar-refractivity contribution in [1.29, 1.82) is 0 Å². The summed E-state index contributed by atoms with van der Waals surface area (Å²) >= 11 is 0. The Morgan fingerprint density at radius 3 is 2.78 bits per heavy atom. The van der Waals surface area contributed by atoms with Crippen LogP contribution in [0.4, 0.5) is 0 Å². The van der Waals surface area contributed by atoms with Crippen molar-refractivity contribution in [2.75, 3.05) is 13.2 Å². The van der Waals surface area contributed by atoms with Crippen LogP contribution in [0.5, 0.6) is 5.75 Å². The standard InChI is InChI=1S/C18H17NO4/c20-10-15-9-17-18(23-15)6-5-16(19-17)12-1-3-13(4-2-12)22-14-7-8-21-11-14/h1-6,9,14,20H,7-8,10-11H2. The maximum absolute atomic E-state index is 9.13. The lowest BCUT2D eigenvalue weighted by atomic mass is 10.1. The summed E-state index contributed by atoms with van der Waals surface area (Å²) in [6.45, 7) is 1.31. The average Bonchev–Trinajstić information content (AvgIpc) is 3.23. The highest BCUT2D eigenvalue weighted by Crippen LogP contribution is 2.26. The summed E-state index contributed by atoms with van der Waals surface area (Å²) in [5.41, 5.74) is 3.29. The highest BCUT2D eigenvalue weighted by Gasteiger charge is 2.17. The number of hydrogen-bond donors (Lipinski definition) is 1. The molecule has 0 spiro atoms. The molecule has 1 unspecified atom stereocenters. The monoisotopic (exact) mass is 311 g/mol. The molecule has 5 heteroatoms. The van der Waals surface area contributed by atoms with E-state index in [4.69, 9.17) is 19.0 Å². The van der Waals surface area contributed by atoms with Gasteiger partial charge in [0.15, 0.2) is 5.58 Å². The minimum absolute atomic E-state index is 0.122. The van der Waals surface area contributed by atoms with Crippen molar-refractivity contribution < 1.29 is 19.0 Å². The van der Waals surface area contributed by atoms with E-state index in [9.17, 15) is 0 Å². The molecule has 3 heterocycles. The van der Waals surface area contributed by atoms with Gasteiger partial charge < -0.3 is 19.0 Å². The first-order valence-electron chi connectivity index (χ1n) is 7.67. The second-order valence-corrected chi connectivity index (χ2v) is 5.58. The molecule has 0 amide bonds. The molecule has 1 atom stereocenters. The molecular weight excluding hydrogens is 294 g/mol. The van der Waals surface area contributed by atoms with Gasteiger partial charge in [0.05, 0.1) is 18.9 Å². The molecule has 4 rings (SSSR count). The molecule has 0 saturated carbocycles. The molecule has 0 bridgehead atoms. The van der Waals surface area contributed by atoms with E-state index >= 15 is 0 Å². The van der Waals surface area contributed by atoms with E-state index in [-0.39, 0.29) is 12.7 Å². The van der Waals surface area contributed by atoms with Crippen LogP contribution in [0.15, 0.2) is 46.9 Å². The Morgan fingerprint density at radius 1 is 1.17 bits per heavy atom. The van der Waals surface area contributed by atoms with Crippen molar-refractivity contribution in [2.45, 2.75) is 19.1 Å². The van der Waals surface area contributed by atoms with Crippen LogP contribution >= 0.6 is 0 Å². The predicted octanol–water partition coefficient (Wildman–Crippen LogP) is 3.15. The fraction of sp³-hybridized carbons (Fsp3) is 0.278. The number of furan rings is 1. The summed E-state index contributed by atoms with van der Waals surface area (Å²) < 4.78 is 16.6. The number of ether oxygens (including phenoxy) is 2. The minimum Gasteiger partial charge on any atom is -0.488 e. The lowest BCUT2D eigenvalue weighted by Crippen LogP contribution is -2.15. The van der Waals surface area contributed by atoms with Crippen LogP contribution in [-0.2, 0) is 11.3 Å². The Kier molecular flexibility index (Phi) is 3.73. The van der Waals surface area contributed by atoms with Crippen LogP contribution in [0, 0.1) is 0 Å². The second kappa shape index (κ2) is 6.02. The van der Waals surface area contributed by atoms with Gasteiger partial charge in [-0.25, -0.2) is 4.98 Å². The van der Waals surface area contributed by atoms with Gasteiger partial charge in [0.2, 0.25) is 0 Å². The number of aromatic nitrogens is 1. The molecule has 1 saturated heterocycles. The van der Waals surface area contributed by atoms with Crippen LogP contribution in [0.1, 0.15) is 12.2 Å². The van der Waals surface area contributed by atoms with Crippen molar-refractivity contribution in [1.82, 2.24) is 4.98 Å². The molecule has 5 nitrogen and oxygen atoms in total. The van der Waals surface area contributed by atoms with Crippen LogP contribution in [0.3, 0.4) is 0 Å². The van der Waals surface area contributed by atoms with E-state index in [1.165, 1.54) is 0 Å². The number of aliphatic hydroxyl groups excluding tert-OH is 1. The Hall–Kier alpha value is -2.37. The maximum Gasteiger partial charge on any atom is 0.152 e. The number of pyridine rings is 1. The molecule has 1 aliphatic heterocycles. The first kappa shape index (κ1) is 14.2. The van der Waals surface area contributed by atoms with E-state index in [1.54, 1.807) is 6.07 Å². The van der Waals surface area contributed by atoms with Crippen molar-refractivity contribution in [3.63, 3.8) is 0 Å². The van der Waals surface area contributed by atoms with Gasteiger partial charge in [-0.1, -0.05) is 0 Å². The average molecular weight is 311 g/mol. The quantitative estimate of drug-likeness (QED) is 0.802. The number of fused-ring (bicyclic) bond motifs is 1. The Balaban J connectivity index is 1.57. The van der Waals surface area contributed by atoms with E-state index in [2.05, 4.69) is 4.98 Å². The minimum atomic E-state index is -0.122. The summed E-state index contributed by atoms with van der Waals surface area (Å²) in [4.78, 5) is 4.58. The first-order valence-corrected chi connectivity index (χ1v) is 7.67. The zero-order valence-electron chi connectivity index (χ0n) is 12.6. The third kappa shape index (κ3) is 2.93. The normalized spacial score (nSPS) is 17.7. The number of rotatable bonds is 4. The molecule has 1 fully saturated rings. The maximum atomic E-state index is 9.13. The van der Waals surface area contributed by atoms with Crippen molar-refractivity contribution >= 4 is 11.1 Å². The number of aliphatic hydroxyl groups is 1. The lowest BCUT2D eigenvalue weighted by Gasteiger charge is -2.12. The SMILES string of the molecule is OCc1cc2nc(-c3ccc(OC4CCOC4)cc3)ccc2o1. The number of hydrogen-bond acceptors (Lipinski definition) is 5. The Morgan fingerprint density at radius 2 is 2.04 bits per heavy atom. The van der Waals surface area contributed by atoms with Crippen LogP contribution in [0.25, 0.3) is 22.4 Å². The third-order valence-corrected chi connectivity index (χ3v) is 3.92. The van der Waals surface area contributed by atoms with Gasteiger partial charge in [-0.15, -0.1) is 0 Å². The van der Waals surface area contributed by atoms with Gasteiger partial charge in [0.25, 0.3) is 0 Å². The highest BCUT2D eigenvalue weighted by atomic mass is 16.5. The zero-order chi connectivity index (χ0) is 15.6. The van der Waals surface area contributed by atoms with Gasteiger partial charge >= 0.3 is 0 Å².